The van der Waals surface area contributed by atoms with Crippen LogP contribution in [0.4, 0.5) is 0 Å². The number of hydrogen-bond acceptors (Lipinski definition) is 6. The molecule has 0 unspecified atom stereocenters. The minimum absolute atomic E-state index is 0.00389. The zero-order valence-corrected chi connectivity index (χ0v) is 13.5. The van der Waals surface area contributed by atoms with E-state index in [4.69, 9.17) is 9.47 Å². The van der Waals surface area contributed by atoms with Crippen LogP contribution in [0.5, 0.6) is 0 Å². The Morgan fingerprint density at radius 2 is 1.59 bits per heavy atom. The van der Waals surface area contributed by atoms with Gasteiger partial charge in [-0.15, -0.1) is 0 Å². The van der Waals surface area contributed by atoms with Crippen molar-refractivity contribution in [3.05, 3.63) is 36.6 Å². The molecule has 0 rings (SSSR count). The van der Waals surface area contributed by atoms with Crippen LogP contribution in [0.25, 0.3) is 0 Å². The average molecular weight is 309 g/mol. The molecule has 122 valence electrons. The number of nitrogens with one attached hydrogen (secondary N) is 1. The molecule has 6 heteroatoms. The van der Waals surface area contributed by atoms with E-state index < -0.39 is 17.5 Å². The molecule has 0 aromatic rings. The Balaban J connectivity index is 4.90. The summed E-state index contributed by atoms with van der Waals surface area (Å²) in [6.07, 6.45) is 5.93. The first-order valence-electron chi connectivity index (χ1n) is 6.75. The number of ether oxygens (including phenoxy) is 2. The number of carbonyl (C=O) groups excluding carboxylic acids is 3. The number of rotatable bonds is 9. The van der Waals surface area contributed by atoms with Crippen LogP contribution < -0.4 is 5.32 Å². The Labute approximate surface area is 130 Å². The van der Waals surface area contributed by atoms with Crippen molar-refractivity contribution >= 4 is 17.7 Å². The minimum Gasteiger partial charge on any atom is -0.463 e. The van der Waals surface area contributed by atoms with Gasteiger partial charge >= 0.3 is 11.9 Å². The van der Waals surface area contributed by atoms with Gasteiger partial charge in [-0.05, 0) is 19.9 Å². The molecule has 0 aliphatic carbocycles. The van der Waals surface area contributed by atoms with Gasteiger partial charge in [0.15, 0.2) is 5.78 Å². The van der Waals surface area contributed by atoms with Crippen molar-refractivity contribution in [2.75, 3.05) is 13.2 Å². The van der Waals surface area contributed by atoms with Gasteiger partial charge < -0.3 is 14.8 Å². The third-order valence-corrected chi connectivity index (χ3v) is 2.60. The molecule has 22 heavy (non-hydrogen) atoms. The molecule has 1 N–H and O–H groups in total. The quantitative estimate of drug-likeness (QED) is 0.396. The standard InChI is InChI=1S/C16H23NO5/c1-6-7-8-15(20)12(2)9-17-16(5,10-21-13(3)18)11-22-14(4)19/h6-9,17H,1,10-11H2,2-5H3/b8-7-,12-9?. The van der Waals surface area contributed by atoms with E-state index in [1.54, 1.807) is 13.8 Å². The first-order chi connectivity index (χ1) is 10.2. The van der Waals surface area contributed by atoms with Crippen LogP contribution in [-0.4, -0.2) is 36.5 Å². The molecule has 0 aromatic carbocycles. The van der Waals surface area contributed by atoms with E-state index in [-0.39, 0.29) is 19.0 Å². The summed E-state index contributed by atoms with van der Waals surface area (Å²) in [7, 11) is 0. The lowest BCUT2D eigenvalue weighted by atomic mass is 10.1. The SMILES string of the molecule is C=C/C=C\C(=O)C(C)=CNC(C)(COC(C)=O)COC(C)=O. The molecule has 6 nitrogen and oxygen atoms in total. The topological polar surface area (TPSA) is 81.7 Å². The zero-order chi connectivity index (χ0) is 17.2. The van der Waals surface area contributed by atoms with E-state index in [9.17, 15) is 14.4 Å². The highest BCUT2D eigenvalue weighted by Gasteiger charge is 2.26. The lowest BCUT2D eigenvalue weighted by molar-refractivity contribution is -0.147. The Morgan fingerprint density at radius 1 is 1.09 bits per heavy atom. The minimum atomic E-state index is -0.832. The predicted molar refractivity (Wildman–Crippen MR) is 82.9 cm³/mol. The average Bonchev–Trinajstić information content (AvgIpc) is 2.46. The monoisotopic (exact) mass is 309 g/mol. The van der Waals surface area contributed by atoms with Crippen molar-refractivity contribution < 1.29 is 23.9 Å². The fourth-order valence-corrected chi connectivity index (χ4v) is 1.29. The largest absolute Gasteiger partial charge is 0.463 e. The van der Waals surface area contributed by atoms with Crippen LogP contribution in [0.1, 0.15) is 27.7 Å². The summed E-state index contributed by atoms with van der Waals surface area (Å²) in [6.45, 7) is 9.41. The van der Waals surface area contributed by atoms with Crippen LogP contribution in [0.3, 0.4) is 0 Å². The van der Waals surface area contributed by atoms with Gasteiger partial charge in [0, 0.05) is 25.6 Å². The zero-order valence-electron chi connectivity index (χ0n) is 13.5. The van der Waals surface area contributed by atoms with Gasteiger partial charge in [-0.2, -0.15) is 0 Å². The molecule has 0 bridgehead atoms. The maximum atomic E-state index is 11.7. The van der Waals surface area contributed by atoms with Crippen LogP contribution in [-0.2, 0) is 23.9 Å². The third-order valence-electron chi connectivity index (χ3n) is 2.60. The van der Waals surface area contributed by atoms with Crippen LogP contribution in [0.2, 0.25) is 0 Å². The van der Waals surface area contributed by atoms with Crippen molar-refractivity contribution in [2.45, 2.75) is 33.2 Å². The van der Waals surface area contributed by atoms with E-state index >= 15 is 0 Å². The van der Waals surface area contributed by atoms with Crippen LogP contribution in [0.15, 0.2) is 36.6 Å². The van der Waals surface area contributed by atoms with Crippen LogP contribution >= 0.6 is 0 Å². The molecule has 0 saturated carbocycles. The molecule has 0 aliphatic rings. The fraction of sp³-hybridized carbons (Fsp3) is 0.438. The van der Waals surface area contributed by atoms with Gasteiger partial charge in [-0.3, -0.25) is 14.4 Å². The van der Waals surface area contributed by atoms with Crippen molar-refractivity contribution in [3.8, 4) is 0 Å². The van der Waals surface area contributed by atoms with Crippen molar-refractivity contribution in [3.63, 3.8) is 0 Å². The Morgan fingerprint density at radius 3 is 2.00 bits per heavy atom. The first-order valence-corrected chi connectivity index (χ1v) is 6.75. The highest BCUT2D eigenvalue weighted by Crippen LogP contribution is 2.08. The van der Waals surface area contributed by atoms with E-state index in [0.717, 1.165) is 0 Å². The molecule has 0 spiro atoms. The number of carbonyl (C=O) groups is 3. The Hall–Kier alpha value is -2.37. The number of hydrogen-bond donors (Lipinski definition) is 1. The summed E-state index contributed by atoms with van der Waals surface area (Å²) in [5.41, 5.74) is -0.379. The van der Waals surface area contributed by atoms with E-state index in [1.165, 1.54) is 38.3 Å². The van der Waals surface area contributed by atoms with E-state index in [2.05, 4.69) is 11.9 Å². The Bertz CT molecular complexity index is 473. The van der Waals surface area contributed by atoms with Gasteiger partial charge in [-0.25, -0.2) is 0 Å². The fourth-order valence-electron chi connectivity index (χ4n) is 1.29. The summed E-state index contributed by atoms with van der Waals surface area (Å²) in [6, 6.07) is 0. The number of esters is 2. The number of ketones is 1. The second-order valence-corrected chi connectivity index (χ2v) is 5.05. The van der Waals surface area contributed by atoms with Gasteiger partial charge in [0.2, 0.25) is 0 Å². The maximum Gasteiger partial charge on any atom is 0.302 e. The summed E-state index contributed by atoms with van der Waals surface area (Å²) >= 11 is 0. The predicted octanol–water partition coefficient (Wildman–Crippen LogP) is 1.68. The second-order valence-electron chi connectivity index (χ2n) is 5.05. The molecule has 0 amide bonds. The molecule has 0 saturated heterocycles. The van der Waals surface area contributed by atoms with Gasteiger partial charge in [0.25, 0.3) is 0 Å². The lowest BCUT2D eigenvalue weighted by Gasteiger charge is -2.29. The molecule has 0 heterocycles. The molecular formula is C16H23NO5. The summed E-state index contributed by atoms with van der Waals surface area (Å²) < 4.78 is 9.93. The van der Waals surface area contributed by atoms with E-state index in [1.807, 2.05) is 0 Å². The second kappa shape index (κ2) is 9.55. The van der Waals surface area contributed by atoms with Gasteiger partial charge in [-0.1, -0.05) is 18.7 Å². The van der Waals surface area contributed by atoms with Crippen molar-refractivity contribution in [2.24, 2.45) is 0 Å². The molecular weight excluding hydrogens is 286 g/mol. The third kappa shape index (κ3) is 8.73. The smallest absolute Gasteiger partial charge is 0.302 e. The molecule has 0 fully saturated rings. The first kappa shape index (κ1) is 19.6. The Kier molecular flexibility index (Phi) is 8.52. The lowest BCUT2D eigenvalue weighted by Crippen LogP contribution is -2.48. The summed E-state index contributed by atoms with van der Waals surface area (Å²) in [4.78, 5) is 33.6. The van der Waals surface area contributed by atoms with Crippen molar-refractivity contribution in [1.82, 2.24) is 5.32 Å². The van der Waals surface area contributed by atoms with Gasteiger partial charge in [0.1, 0.15) is 18.8 Å². The highest BCUT2D eigenvalue weighted by molar-refractivity contribution is 6.03. The normalized spacial score (nSPS) is 11.9. The highest BCUT2D eigenvalue weighted by atomic mass is 16.5. The van der Waals surface area contributed by atoms with E-state index in [0.29, 0.717) is 5.57 Å². The summed E-state index contributed by atoms with van der Waals surface area (Å²) in [5.74, 6) is -1.07. The molecule has 0 atom stereocenters. The summed E-state index contributed by atoms with van der Waals surface area (Å²) in [5, 5.41) is 2.97. The van der Waals surface area contributed by atoms with Gasteiger partial charge in [0.05, 0.1) is 0 Å². The van der Waals surface area contributed by atoms with Crippen LogP contribution in [0, 0.1) is 0 Å². The molecule has 0 aliphatic heterocycles. The maximum absolute atomic E-state index is 11.7. The molecule has 0 radical (unpaired) electrons. The molecule has 0 aromatic heterocycles. The number of allylic oxidation sites excluding steroid dienone is 4. The van der Waals surface area contributed by atoms with Crippen molar-refractivity contribution in [1.29, 1.82) is 0 Å².